The maximum atomic E-state index is 12.2. The summed E-state index contributed by atoms with van der Waals surface area (Å²) in [6.45, 7) is 1.86. The summed E-state index contributed by atoms with van der Waals surface area (Å²) in [5, 5.41) is 10.0. The molecular weight excluding hydrogens is 407 g/mol. The van der Waals surface area contributed by atoms with Crippen LogP contribution in [0, 0.1) is 10.5 Å². The molecule has 0 radical (unpaired) electrons. The number of aryl methyl sites for hydroxylation is 1. The van der Waals surface area contributed by atoms with Gasteiger partial charge in [-0.2, -0.15) is 8.42 Å². The highest BCUT2D eigenvalue weighted by Crippen LogP contribution is 2.40. The van der Waals surface area contributed by atoms with E-state index in [0.717, 1.165) is 5.56 Å². The maximum absolute atomic E-state index is 12.2. The van der Waals surface area contributed by atoms with Crippen LogP contribution in [0.3, 0.4) is 0 Å². The van der Waals surface area contributed by atoms with Gasteiger partial charge in [0.05, 0.1) is 10.7 Å². The lowest BCUT2D eigenvalue weighted by atomic mass is 10.2. The number of phenolic OH excluding ortho intramolecular Hbond substituents is 1. The van der Waals surface area contributed by atoms with Crippen LogP contribution < -0.4 is 8.92 Å². The van der Waals surface area contributed by atoms with Crippen molar-refractivity contribution in [1.29, 1.82) is 0 Å². The molecule has 7 heteroatoms. The van der Waals surface area contributed by atoms with E-state index in [1.54, 1.807) is 18.2 Å². The van der Waals surface area contributed by atoms with Crippen molar-refractivity contribution >= 4 is 32.7 Å². The van der Waals surface area contributed by atoms with E-state index in [2.05, 4.69) is 0 Å². The zero-order valence-corrected chi connectivity index (χ0v) is 14.3. The van der Waals surface area contributed by atoms with Crippen LogP contribution in [0.2, 0.25) is 0 Å². The summed E-state index contributed by atoms with van der Waals surface area (Å²) in [4.78, 5) is 0.0196. The standard InChI is InChI=1S/C14H13IO5S/c1-9-3-5-10(6-4-9)21(17,18)20-14-11(15)7-8-12(19-2)13(14)16/h3-8,16H,1-2H3. The molecule has 0 unspecified atom stereocenters. The molecule has 0 aliphatic rings. The molecule has 0 fully saturated rings. The van der Waals surface area contributed by atoms with Crippen LogP contribution in [-0.2, 0) is 10.1 Å². The highest BCUT2D eigenvalue weighted by Gasteiger charge is 2.22. The minimum absolute atomic E-state index is 0.0196. The summed E-state index contributed by atoms with van der Waals surface area (Å²) < 4.78 is 35.0. The van der Waals surface area contributed by atoms with E-state index >= 15 is 0 Å². The van der Waals surface area contributed by atoms with Gasteiger partial charge < -0.3 is 14.0 Å². The number of hydrogen-bond donors (Lipinski definition) is 1. The van der Waals surface area contributed by atoms with Crippen LogP contribution in [0.5, 0.6) is 17.2 Å². The van der Waals surface area contributed by atoms with E-state index in [4.69, 9.17) is 8.92 Å². The highest BCUT2D eigenvalue weighted by atomic mass is 127. The number of halogens is 1. The first-order chi connectivity index (χ1) is 9.85. The largest absolute Gasteiger partial charge is 0.502 e. The van der Waals surface area contributed by atoms with Crippen molar-refractivity contribution in [1.82, 2.24) is 0 Å². The average molecular weight is 420 g/mol. The molecule has 0 amide bonds. The monoisotopic (exact) mass is 420 g/mol. The summed E-state index contributed by atoms with van der Waals surface area (Å²) in [6.07, 6.45) is 0. The van der Waals surface area contributed by atoms with Crippen LogP contribution >= 0.6 is 22.6 Å². The predicted octanol–water partition coefficient (Wildman–Crippen LogP) is 3.08. The fraction of sp³-hybridized carbons (Fsp3) is 0.143. The fourth-order valence-corrected chi connectivity index (χ4v) is 3.28. The van der Waals surface area contributed by atoms with Crippen LogP contribution in [0.1, 0.15) is 5.56 Å². The van der Waals surface area contributed by atoms with Gasteiger partial charge in [-0.1, -0.05) is 17.7 Å². The van der Waals surface area contributed by atoms with Gasteiger partial charge in [-0.25, -0.2) is 0 Å². The van der Waals surface area contributed by atoms with Gasteiger partial charge >= 0.3 is 10.1 Å². The third kappa shape index (κ3) is 3.41. The molecule has 5 nitrogen and oxygen atoms in total. The van der Waals surface area contributed by atoms with Crippen molar-refractivity contribution in [2.45, 2.75) is 11.8 Å². The molecule has 2 rings (SSSR count). The number of rotatable bonds is 4. The SMILES string of the molecule is COc1ccc(I)c(OS(=O)(=O)c2ccc(C)cc2)c1O. The van der Waals surface area contributed by atoms with E-state index in [0.29, 0.717) is 3.57 Å². The van der Waals surface area contributed by atoms with Gasteiger partial charge in [0, 0.05) is 0 Å². The number of ether oxygens (including phenoxy) is 1. The summed E-state index contributed by atoms with van der Waals surface area (Å²) >= 11 is 1.88. The number of phenols is 1. The lowest BCUT2D eigenvalue weighted by molar-refractivity contribution is 0.360. The number of benzene rings is 2. The van der Waals surface area contributed by atoms with Crippen LogP contribution in [-0.4, -0.2) is 20.6 Å². The Hall–Kier alpha value is -1.48. The van der Waals surface area contributed by atoms with Crippen molar-refractivity contribution in [3.63, 3.8) is 0 Å². The average Bonchev–Trinajstić information content (AvgIpc) is 2.44. The smallest absolute Gasteiger partial charge is 0.339 e. The first-order valence-corrected chi connectivity index (χ1v) is 8.40. The molecule has 0 aromatic heterocycles. The fourth-order valence-electron chi connectivity index (χ4n) is 1.64. The van der Waals surface area contributed by atoms with E-state index in [9.17, 15) is 13.5 Å². The topological polar surface area (TPSA) is 72.8 Å². The normalized spacial score (nSPS) is 11.2. The zero-order chi connectivity index (χ0) is 15.6. The second kappa shape index (κ2) is 6.10. The van der Waals surface area contributed by atoms with Crippen LogP contribution in [0.4, 0.5) is 0 Å². The third-order valence-corrected chi connectivity index (χ3v) is 4.85. The van der Waals surface area contributed by atoms with Crippen molar-refractivity contribution in [3.8, 4) is 17.2 Å². The first-order valence-electron chi connectivity index (χ1n) is 5.92. The Balaban J connectivity index is 2.44. The Morgan fingerprint density at radius 1 is 1.10 bits per heavy atom. The van der Waals surface area contributed by atoms with Gasteiger partial charge in [0.25, 0.3) is 0 Å². The lowest BCUT2D eigenvalue weighted by Crippen LogP contribution is -2.10. The lowest BCUT2D eigenvalue weighted by Gasteiger charge is -2.12. The van der Waals surface area contributed by atoms with E-state index in [-0.39, 0.29) is 22.1 Å². The second-order valence-corrected chi connectivity index (χ2v) is 6.99. The summed E-state index contributed by atoms with van der Waals surface area (Å²) in [5.41, 5.74) is 0.938. The molecule has 1 N–H and O–H groups in total. The minimum atomic E-state index is -4.02. The van der Waals surface area contributed by atoms with E-state index < -0.39 is 10.1 Å². The molecule has 0 aliphatic carbocycles. The molecule has 0 bridgehead atoms. The third-order valence-electron chi connectivity index (χ3n) is 2.77. The van der Waals surface area contributed by atoms with E-state index in [1.807, 2.05) is 29.5 Å². The van der Waals surface area contributed by atoms with Crippen molar-refractivity contribution in [2.75, 3.05) is 7.11 Å². The van der Waals surface area contributed by atoms with Crippen molar-refractivity contribution < 1.29 is 22.4 Å². The Kier molecular flexibility index (Phi) is 4.62. The molecule has 21 heavy (non-hydrogen) atoms. The molecule has 0 atom stereocenters. The molecule has 2 aromatic carbocycles. The van der Waals surface area contributed by atoms with Crippen molar-refractivity contribution in [2.24, 2.45) is 0 Å². The molecule has 0 spiro atoms. The molecule has 2 aromatic rings. The van der Waals surface area contributed by atoms with Crippen LogP contribution in [0.15, 0.2) is 41.3 Å². The predicted molar refractivity (Wildman–Crippen MR) is 86.4 cm³/mol. The van der Waals surface area contributed by atoms with Gasteiger partial charge in [0.15, 0.2) is 5.75 Å². The van der Waals surface area contributed by atoms with Gasteiger partial charge in [-0.15, -0.1) is 0 Å². The zero-order valence-electron chi connectivity index (χ0n) is 11.3. The Morgan fingerprint density at radius 3 is 2.29 bits per heavy atom. The number of methoxy groups -OCH3 is 1. The quantitative estimate of drug-likeness (QED) is 0.608. The molecular formula is C14H13IO5S. The first kappa shape index (κ1) is 15.9. The number of hydrogen-bond acceptors (Lipinski definition) is 5. The molecule has 0 saturated carbocycles. The van der Waals surface area contributed by atoms with E-state index in [1.165, 1.54) is 25.3 Å². The molecule has 0 heterocycles. The second-order valence-electron chi connectivity index (χ2n) is 4.28. The van der Waals surface area contributed by atoms with Crippen molar-refractivity contribution in [3.05, 3.63) is 45.5 Å². The van der Waals surface area contributed by atoms with Crippen LogP contribution in [0.25, 0.3) is 0 Å². The number of aromatic hydroxyl groups is 1. The molecule has 112 valence electrons. The highest BCUT2D eigenvalue weighted by molar-refractivity contribution is 14.1. The molecule has 0 aliphatic heterocycles. The summed E-state index contributed by atoms with van der Waals surface area (Å²) in [7, 11) is -2.65. The Morgan fingerprint density at radius 2 is 1.71 bits per heavy atom. The summed E-state index contributed by atoms with van der Waals surface area (Å²) in [5.74, 6) is -0.347. The Bertz CT molecular complexity index is 754. The van der Waals surface area contributed by atoms with Gasteiger partial charge in [-0.05, 0) is 53.8 Å². The minimum Gasteiger partial charge on any atom is -0.502 e. The van der Waals surface area contributed by atoms with Gasteiger partial charge in [-0.3, -0.25) is 0 Å². The Labute approximate surface area is 136 Å². The molecule has 0 saturated heterocycles. The maximum Gasteiger partial charge on any atom is 0.339 e. The van der Waals surface area contributed by atoms with Gasteiger partial charge in [0.1, 0.15) is 4.90 Å². The summed E-state index contributed by atoms with van der Waals surface area (Å²) in [6, 6.07) is 9.38. The van der Waals surface area contributed by atoms with Gasteiger partial charge in [0.2, 0.25) is 11.5 Å².